The smallest absolute Gasteiger partial charge is 0.213 e. The van der Waals surface area contributed by atoms with Gasteiger partial charge in [-0.2, -0.15) is 8.61 Å². The molecule has 1 aromatic rings. The van der Waals surface area contributed by atoms with Crippen molar-refractivity contribution in [1.82, 2.24) is 8.61 Å². The van der Waals surface area contributed by atoms with Crippen LogP contribution in [-0.4, -0.2) is 64.1 Å². The van der Waals surface area contributed by atoms with E-state index in [0.717, 1.165) is 11.2 Å². The molecule has 0 aliphatic carbocycles. The summed E-state index contributed by atoms with van der Waals surface area (Å²) in [5.41, 5.74) is 0. The summed E-state index contributed by atoms with van der Waals surface area (Å²) >= 11 is 1.54. The van der Waals surface area contributed by atoms with E-state index in [2.05, 4.69) is 0 Å². The molecule has 1 aliphatic rings. The lowest BCUT2D eigenvalue weighted by atomic mass is 10.4. The van der Waals surface area contributed by atoms with Gasteiger partial charge in [-0.05, 0) is 30.5 Å². The standard InChI is InChI=1S/C12H18N2O4S3/c1-19-11-3-5-12(6-4-11)21(17,18)14-9-7-13(8-10-14)20(2,15)16/h3-6H,7-10H2,1-2H3. The lowest BCUT2D eigenvalue weighted by Crippen LogP contribution is -2.50. The molecule has 0 aromatic heterocycles. The molecule has 1 fully saturated rings. The molecule has 0 unspecified atom stereocenters. The van der Waals surface area contributed by atoms with E-state index in [1.807, 2.05) is 6.26 Å². The summed E-state index contributed by atoms with van der Waals surface area (Å²) in [5, 5.41) is 0. The van der Waals surface area contributed by atoms with Crippen LogP contribution in [-0.2, 0) is 20.0 Å². The van der Waals surface area contributed by atoms with Crippen molar-refractivity contribution in [3.05, 3.63) is 24.3 Å². The maximum absolute atomic E-state index is 12.5. The Morgan fingerprint density at radius 2 is 1.38 bits per heavy atom. The third kappa shape index (κ3) is 3.78. The highest BCUT2D eigenvalue weighted by Crippen LogP contribution is 2.21. The second-order valence-electron chi connectivity index (χ2n) is 4.74. The summed E-state index contributed by atoms with van der Waals surface area (Å²) in [6.45, 7) is 0.751. The van der Waals surface area contributed by atoms with Crippen LogP contribution in [0, 0.1) is 0 Å². The average molecular weight is 350 g/mol. The van der Waals surface area contributed by atoms with Crippen molar-refractivity contribution in [2.45, 2.75) is 9.79 Å². The zero-order valence-electron chi connectivity index (χ0n) is 11.9. The number of hydrogen-bond acceptors (Lipinski definition) is 5. The fraction of sp³-hybridized carbons (Fsp3) is 0.500. The van der Waals surface area contributed by atoms with Gasteiger partial charge in [0.15, 0.2) is 0 Å². The van der Waals surface area contributed by atoms with Crippen LogP contribution in [0.15, 0.2) is 34.1 Å². The Bertz CT molecular complexity index is 691. The molecule has 1 aromatic carbocycles. The zero-order valence-corrected chi connectivity index (χ0v) is 14.3. The SMILES string of the molecule is CSc1ccc(S(=O)(=O)N2CCN(S(C)(=O)=O)CC2)cc1. The summed E-state index contributed by atoms with van der Waals surface area (Å²) in [4.78, 5) is 1.24. The number of piperazine rings is 1. The number of rotatable bonds is 4. The first-order chi connectivity index (χ1) is 9.75. The van der Waals surface area contributed by atoms with Crippen LogP contribution >= 0.6 is 11.8 Å². The lowest BCUT2D eigenvalue weighted by Gasteiger charge is -2.32. The summed E-state index contributed by atoms with van der Waals surface area (Å²) in [7, 11) is -6.81. The molecule has 1 saturated heterocycles. The molecule has 21 heavy (non-hydrogen) atoms. The first-order valence-corrected chi connectivity index (χ1v) is 10.9. The molecule has 0 N–H and O–H groups in total. The van der Waals surface area contributed by atoms with Crippen LogP contribution in [0.4, 0.5) is 0 Å². The number of sulfonamides is 2. The molecule has 0 spiro atoms. The molecule has 2 rings (SSSR count). The fourth-order valence-corrected chi connectivity index (χ4v) is 4.80. The minimum absolute atomic E-state index is 0.180. The van der Waals surface area contributed by atoms with Gasteiger partial charge in [-0.3, -0.25) is 0 Å². The van der Waals surface area contributed by atoms with Crippen molar-refractivity contribution in [3.8, 4) is 0 Å². The van der Waals surface area contributed by atoms with E-state index in [4.69, 9.17) is 0 Å². The second-order valence-corrected chi connectivity index (χ2v) is 9.54. The molecule has 1 heterocycles. The van der Waals surface area contributed by atoms with Gasteiger partial charge >= 0.3 is 0 Å². The van der Waals surface area contributed by atoms with Crippen molar-refractivity contribution in [1.29, 1.82) is 0 Å². The van der Waals surface area contributed by atoms with Crippen molar-refractivity contribution >= 4 is 31.8 Å². The second kappa shape index (κ2) is 6.25. The maximum atomic E-state index is 12.5. The van der Waals surface area contributed by atoms with Crippen molar-refractivity contribution in [2.24, 2.45) is 0 Å². The molecule has 0 atom stereocenters. The van der Waals surface area contributed by atoms with Gasteiger partial charge in [0.2, 0.25) is 20.0 Å². The van der Waals surface area contributed by atoms with Crippen molar-refractivity contribution < 1.29 is 16.8 Å². The number of hydrogen-bond donors (Lipinski definition) is 0. The van der Waals surface area contributed by atoms with E-state index in [-0.39, 0.29) is 31.1 Å². The zero-order chi connectivity index (χ0) is 15.7. The highest BCUT2D eigenvalue weighted by molar-refractivity contribution is 7.98. The Balaban J connectivity index is 2.14. The molecule has 118 valence electrons. The monoisotopic (exact) mass is 350 g/mol. The van der Waals surface area contributed by atoms with Crippen LogP contribution in [0.3, 0.4) is 0 Å². The number of thioether (sulfide) groups is 1. The molecule has 0 radical (unpaired) electrons. The Labute approximate surface area is 130 Å². The highest BCUT2D eigenvalue weighted by atomic mass is 32.2. The van der Waals surface area contributed by atoms with Crippen LogP contribution in [0.5, 0.6) is 0 Å². The Kier molecular flexibility index (Phi) is 4.99. The van der Waals surface area contributed by atoms with E-state index < -0.39 is 20.0 Å². The van der Waals surface area contributed by atoms with E-state index in [0.29, 0.717) is 0 Å². The predicted octanol–water partition coefficient (Wildman–Crippen LogP) is 0.674. The topological polar surface area (TPSA) is 74.8 Å². The van der Waals surface area contributed by atoms with Gasteiger partial charge in [0.1, 0.15) is 0 Å². The van der Waals surface area contributed by atoms with E-state index in [1.54, 1.807) is 36.0 Å². The van der Waals surface area contributed by atoms with Crippen molar-refractivity contribution in [3.63, 3.8) is 0 Å². The van der Waals surface area contributed by atoms with Gasteiger partial charge in [-0.25, -0.2) is 16.8 Å². The van der Waals surface area contributed by atoms with E-state index >= 15 is 0 Å². The average Bonchev–Trinajstić information content (AvgIpc) is 2.46. The minimum Gasteiger partial charge on any atom is -0.213 e. The first kappa shape index (κ1) is 16.8. The van der Waals surface area contributed by atoms with Crippen molar-refractivity contribution in [2.75, 3.05) is 38.7 Å². The molecule has 9 heteroatoms. The van der Waals surface area contributed by atoms with E-state index in [9.17, 15) is 16.8 Å². The third-order valence-corrected chi connectivity index (χ3v) is 7.32. The van der Waals surface area contributed by atoms with Gasteiger partial charge in [0, 0.05) is 31.1 Å². The maximum Gasteiger partial charge on any atom is 0.243 e. The van der Waals surface area contributed by atoms with Crippen LogP contribution < -0.4 is 0 Å². The largest absolute Gasteiger partial charge is 0.243 e. The van der Waals surface area contributed by atoms with E-state index in [1.165, 1.54) is 8.61 Å². The van der Waals surface area contributed by atoms with Gasteiger partial charge in [0.25, 0.3) is 0 Å². The molecule has 6 nitrogen and oxygen atoms in total. The Hall–Kier alpha value is -0.610. The summed E-state index contributed by atoms with van der Waals surface area (Å²) in [6.07, 6.45) is 3.06. The third-order valence-electron chi connectivity index (χ3n) is 3.36. The summed E-state index contributed by atoms with van der Waals surface area (Å²) in [5.74, 6) is 0. The minimum atomic E-state index is -3.55. The molecule has 0 bridgehead atoms. The number of benzene rings is 1. The molecule has 1 aliphatic heterocycles. The summed E-state index contributed by atoms with van der Waals surface area (Å²) < 4.78 is 50.5. The lowest BCUT2D eigenvalue weighted by molar-refractivity contribution is 0.274. The van der Waals surface area contributed by atoms with Gasteiger partial charge < -0.3 is 0 Å². The first-order valence-electron chi connectivity index (χ1n) is 6.34. The molecular weight excluding hydrogens is 332 g/mol. The van der Waals surface area contributed by atoms with Crippen LogP contribution in [0.2, 0.25) is 0 Å². The predicted molar refractivity (Wildman–Crippen MR) is 83.4 cm³/mol. The number of nitrogens with zero attached hydrogens (tertiary/aromatic N) is 2. The van der Waals surface area contributed by atoms with Crippen LogP contribution in [0.1, 0.15) is 0 Å². The molecule has 0 saturated carbocycles. The molecule has 0 amide bonds. The van der Waals surface area contributed by atoms with Crippen LogP contribution in [0.25, 0.3) is 0 Å². The highest BCUT2D eigenvalue weighted by Gasteiger charge is 2.31. The Morgan fingerprint density at radius 1 is 0.905 bits per heavy atom. The van der Waals surface area contributed by atoms with Gasteiger partial charge in [0.05, 0.1) is 11.2 Å². The quantitative estimate of drug-likeness (QED) is 0.746. The van der Waals surface area contributed by atoms with Gasteiger partial charge in [-0.1, -0.05) is 0 Å². The fourth-order valence-electron chi connectivity index (χ4n) is 2.14. The Morgan fingerprint density at radius 3 is 1.81 bits per heavy atom. The molecular formula is C12H18N2O4S3. The normalized spacial score (nSPS) is 18.8. The summed E-state index contributed by atoms with van der Waals surface area (Å²) in [6, 6.07) is 6.71. The van der Waals surface area contributed by atoms with Gasteiger partial charge in [-0.15, -0.1) is 11.8 Å².